The predicted octanol–water partition coefficient (Wildman–Crippen LogP) is 2.90. The number of piperidine rings is 1. The second kappa shape index (κ2) is 2.50. The summed E-state index contributed by atoms with van der Waals surface area (Å²) < 4.78 is 0. The van der Waals surface area contributed by atoms with E-state index < -0.39 is 0 Å². The Morgan fingerprint density at radius 3 is 2.54 bits per heavy atom. The van der Waals surface area contributed by atoms with E-state index >= 15 is 0 Å². The van der Waals surface area contributed by atoms with Crippen molar-refractivity contribution >= 4 is 5.69 Å². The molecule has 1 heteroatoms. The highest BCUT2D eigenvalue weighted by atomic mass is 15.1. The van der Waals surface area contributed by atoms with Crippen LogP contribution in [0.1, 0.15) is 19.8 Å². The molecule has 3 aliphatic rings. The number of nitrogens with zero attached hydrogens (tertiary/aromatic N) is 1. The van der Waals surface area contributed by atoms with Gasteiger partial charge in [0.05, 0.1) is 0 Å². The van der Waals surface area contributed by atoms with Crippen molar-refractivity contribution in [2.45, 2.75) is 19.8 Å². The number of benzene rings is 1. The third-order valence-corrected chi connectivity index (χ3v) is 3.35. The quantitative estimate of drug-likeness (QED) is 0.641. The van der Waals surface area contributed by atoms with Crippen LogP contribution >= 0.6 is 0 Å². The third-order valence-electron chi connectivity index (χ3n) is 3.35. The molecule has 1 heterocycles. The van der Waals surface area contributed by atoms with Gasteiger partial charge in [-0.1, -0.05) is 13.0 Å². The molecule has 13 heavy (non-hydrogen) atoms. The largest absolute Gasteiger partial charge is 0.371 e. The van der Waals surface area contributed by atoms with Crippen LogP contribution in [-0.4, -0.2) is 13.1 Å². The molecule has 0 aromatic rings. The van der Waals surface area contributed by atoms with Gasteiger partial charge in [-0.05, 0) is 36.5 Å². The zero-order chi connectivity index (χ0) is 8.84. The predicted molar refractivity (Wildman–Crippen MR) is 56.0 cm³/mol. The van der Waals surface area contributed by atoms with Crippen molar-refractivity contribution < 1.29 is 0 Å². The molecule has 0 amide bonds. The lowest BCUT2D eigenvalue weighted by Gasteiger charge is -2.31. The fourth-order valence-corrected chi connectivity index (χ4v) is 2.26. The zero-order valence-corrected chi connectivity index (χ0v) is 8.09. The average molecular weight is 173 g/mol. The molecule has 0 bridgehead atoms. The minimum absolute atomic E-state index is 0.930. The minimum Gasteiger partial charge on any atom is -0.371 e. The summed E-state index contributed by atoms with van der Waals surface area (Å²) in [6.45, 7) is 4.87. The van der Waals surface area contributed by atoms with Gasteiger partial charge in [0, 0.05) is 24.3 Å². The summed E-state index contributed by atoms with van der Waals surface area (Å²) in [5.74, 6) is 0.930. The molecule has 1 saturated heterocycles. The Hall–Kier alpha value is -0.980. The van der Waals surface area contributed by atoms with Gasteiger partial charge in [-0.15, -0.1) is 0 Å². The Bertz CT molecular complexity index is 335. The van der Waals surface area contributed by atoms with E-state index in [1.165, 1.54) is 42.7 Å². The summed E-state index contributed by atoms with van der Waals surface area (Å²) in [6.07, 6.45) is 2.72. The summed E-state index contributed by atoms with van der Waals surface area (Å²) in [5, 5.41) is 0. The van der Waals surface area contributed by atoms with E-state index in [1.54, 1.807) is 0 Å². The summed E-state index contributed by atoms with van der Waals surface area (Å²) in [5.41, 5.74) is 4.46. The van der Waals surface area contributed by atoms with Crippen LogP contribution in [0.3, 0.4) is 0 Å². The van der Waals surface area contributed by atoms with Gasteiger partial charge in [-0.3, -0.25) is 0 Å². The molecule has 0 unspecified atom stereocenters. The molecule has 0 aromatic heterocycles. The van der Waals surface area contributed by atoms with Crippen molar-refractivity contribution in [2.75, 3.05) is 18.0 Å². The zero-order valence-electron chi connectivity index (χ0n) is 8.09. The van der Waals surface area contributed by atoms with Crippen molar-refractivity contribution in [3.63, 3.8) is 0 Å². The van der Waals surface area contributed by atoms with E-state index in [-0.39, 0.29) is 0 Å². The van der Waals surface area contributed by atoms with Crippen molar-refractivity contribution in [1.29, 1.82) is 0 Å². The van der Waals surface area contributed by atoms with Gasteiger partial charge in [0.2, 0.25) is 0 Å². The maximum Gasteiger partial charge on any atom is 0.0446 e. The molecule has 2 aliphatic carbocycles. The van der Waals surface area contributed by atoms with Crippen molar-refractivity contribution in [3.05, 3.63) is 18.2 Å². The molecule has 0 saturated carbocycles. The molecule has 0 atom stereocenters. The topological polar surface area (TPSA) is 3.24 Å². The molecule has 0 radical (unpaired) electrons. The SMILES string of the molecule is CC1CCN(c2ccc3cc2-3)CC1. The Labute approximate surface area is 79.4 Å². The molecule has 0 spiro atoms. The molecule has 1 aliphatic heterocycles. The monoisotopic (exact) mass is 173 g/mol. The van der Waals surface area contributed by atoms with E-state index in [2.05, 4.69) is 30.0 Å². The van der Waals surface area contributed by atoms with E-state index in [9.17, 15) is 0 Å². The Morgan fingerprint density at radius 1 is 1.23 bits per heavy atom. The second-order valence-electron chi connectivity index (χ2n) is 4.40. The molecular formula is C12H15N. The summed E-state index contributed by atoms with van der Waals surface area (Å²) >= 11 is 0. The van der Waals surface area contributed by atoms with Crippen molar-refractivity contribution in [1.82, 2.24) is 0 Å². The highest BCUT2D eigenvalue weighted by Gasteiger charge is 2.23. The fraction of sp³-hybridized carbons (Fsp3) is 0.500. The van der Waals surface area contributed by atoms with E-state index in [1.807, 2.05) is 0 Å². The van der Waals surface area contributed by atoms with Crippen LogP contribution in [-0.2, 0) is 0 Å². The van der Waals surface area contributed by atoms with Gasteiger partial charge < -0.3 is 4.90 Å². The van der Waals surface area contributed by atoms with Gasteiger partial charge in [0.25, 0.3) is 0 Å². The molecule has 0 N–H and O–H groups in total. The van der Waals surface area contributed by atoms with Crippen LogP contribution in [0.5, 0.6) is 0 Å². The van der Waals surface area contributed by atoms with E-state index in [0.717, 1.165) is 5.92 Å². The van der Waals surface area contributed by atoms with E-state index in [4.69, 9.17) is 0 Å². The number of hydrogen-bond acceptors (Lipinski definition) is 1. The molecule has 1 fully saturated rings. The lowest BCUT2D eigenvalue weighted by Crippen LogP contribution is -2.32. The molecule has 3 rings (SSSR count). The van der Waals surface area contributed by atoms with Gasteiger partial charge in [-0.2, -0.15) is 0 Å². The standard InChI is InChI=1S/C12H15N/c1-9-4-6-13(7-5-9)12-3-2-10-8-11(10)12/h2-3,8-9H,4-7H2,1H3. The van der Waals surface area contributed by atoms with Crippen LogP contribution in [0, 0.1) is 5.92 Å². The highest BCUT2D eigenvalue weighted by Crippen LogP contribution is 2.44. The normalized spacial score (nSPS) is 20.5. The van der Waals surface area contributed by atoms with Crippen LogP contribution < -0.4 is 4.90 Å². The summed E-state index contributed by atoms with van der Waals surface area (Å²) in [6, 6.07) is 6.80. The van der Waals surface area contributed by atoms with Crippen LogP contribution in [0.4, 0.5) is 5.69 Å². The Kier molecular flexibility index (Phi) is 1.43. The van der Waals surface area contributed by atoms with Gasteiger partial charge in [-0.25, -0.2) is 0 Å². The van der Waals surface area contributed by atoms with Crippen molar-refractivity contribution in [2.24, 2.45) is 5.92 Å². The first-order valence-corrected chi connectivity index (χ1v) is 5.24. The third kappa shape index (κ3) is 1.14. The first kappa shape index (κ1) is 7.43. The summed E-state index contributed by atoms with van der Waals surface area (Å²) in [7, 11) is 0. The van der Waals surface area contributed by atoms with Crippen LogP contribution in [0.15, 0.2) is 18.2 Å². The maximum absolute atomic E-state index is 2.54. The Balaban J connectivity index is 1.76. The molecular weight excluding hydrogens is 158 g/mol. The summed E-state index contributed by atoms with van der Waals surface area (Å²) in [4.78, 5) is 2.54. The number of anilines is 1. The minimum atomic E-state index is 0.930. The van der Waals surface area contributed by atoms with Crippen LogP contribution in [0.2, 0.25) is 0 Å². The molecule has 0 aromatic carbocycles. The van der Waals surface area contributed by atoms with Crippen molar-refractivity contribution in [3.8, 4) is 11.1 Å². The molecule has 1 nitrogen and oxygen atoms in total. The average Bonchev–Trinajstić information content (AvgIpc) is 2.81. The number of rotatable bonds is 1. The van der Waals surface area contributed by atoms with E-state index in [0.29, 0.717) is 0 Å². The van der Waals surface area contributed by atoms with Gasteiger partial charge in [0.1, 0.15) is 0 Å². The smallest absolute Gasteiger partial charge is 0.0446 e. The lowest BCUT2D eigenvalue weighted by molar-refractivity contribution is 0.439. The number of hydrogen-bond donors (Lipinski definition) is 0. The Morgan fingerprint density at radius 2 is 2.00 bits per heavy atom. The van der Waals surface area contributed by atoms with Gasteiger partial charge >= 0.3 is 0 Å². The number of fused-ring (bicyclic) bond motifs is 1. The first-order chi connectivity index (χ1) is 6.34. The first-order valence-electron chi connectivity index (χ1n) is 5.24. The maximum atomic E-state index is 2.54. The fourth-order valence-electron chi connectivity index (χ4n) is 2.26. The van der Waals surface area contributed by atoms with Gasteiger partial charge in [0.15, 0.2) is 0 Å². The second-order valence-corrected chi connectivity index (χ2v) is 4.40. The highest BCUT2D eigenvalue weighted by molar-refractivity contribution is 5.93. The lowest BCUT2D eigenvalue weighted by atomic mass is 9.99. The molecule has 68 valence electrons. The van der Waals surface area contributed by atoms with Crippen LogP contribution in [0.25, 0.3) is 11.1 Å².